The Hall–Kier alpha value is -2.17. The molecule has 1 aromatic carbocycles. The van der Waals surface area contributed by atoms with Gasteiger partial charge in [-0.05, 0) is 31.9 Å². The summed E-state index contributed by atoms with van der Waals surface area (Å²) >= 11 is 0. The fourth-order valence-corrected chi connectivity index (χ4v) is 2.54. The molecule has 2 aromatic rings. The smallest absolute Gasteiger partial charge is 0.309 e. The summed E-state index contributed by atoms with van der Waals surface area (Å²) in [7, 11) is 0. The normalized spacial score (nSPS) is 18.1. The summed E-state index contributed by atoms with van der Waals surface area (Å²) in [5.41, 5.74) is 1.14. The number of carbonyl (C=O) groups is 1. The highest BCUT2D eigenvalue weighted by atomic mass is 16.4. The molecule has 0 spiro atoms. The minimum atomic E-state index is -0.707. The number of fused-ring (bicyclic) bond motifs is 1. The largest absolute Gasteiger partial charge is 0.481 e. The van der Waals surface area contributed by atoms with Gasteiger partial charge in [-0.3, -0.25) is 9.78 Å². The Balaban J connectivity index is 1.81. The van der Waals surface area contributed by atoms with Crippen molar-refractivity contribution in [3.05, 3.63) is 30.5 Å². The quantitative estimate of drug-likeness (QED) is 0.908. The summed E-state index contributed by atoms with van der Waals surface area (Å²) in [6.45, 7) is 3.23. The van der Waals surface area contributed by atoms with Gasteiger partial charge in [-0.15, -0.1) is 0 Å². The van der Waals surface area contributed by atoms with E-state index in [0.29, 0.717) is 25.9 Å². The zero-order valence-corrected chi connectivity index (χ0v) is 11.4. The molecule has 0 bridgehead atoms. The van der Waals surface area contributed by atoms with E-state index in [1.165, 1.54) is 0 Å². The van der Waals surface area contributed by atoms with Gasteiger partial charge in [-0.25, -0.2) is 4.98 Å². The van der Waals surface area contributed by atoms with Crippen molar-refractivity contribution in [2.45, 2.75) is 19.8 Å². The van der Waals surface area contributed by atoms with Crippen LogP contribution in [0.5, 0.6) is 0 Å². The van der Waals surface area contributed by atoms with Crippen LogP contribution < -0.4 is 4.90 Å². The zero-order valence-electron chi connectivity index (χ0n) is 11.4. The highest BCUT2D eigenvalue weighted by Crippen LogP contribution is 2.32. The lowest BCUT2D eigenvalue weighted by Crippen LogP contribution is -2.43. The number of aromatic nitrogens is 2. The minimum Gasteiger partial charge on any atom is -0.481 e. The molecule has 0 saturated carbocycles. The van der Waals surface area contributed by atoms with Crippen LogP contribution in [0.1, 0.15) is 19.8 Å². The van der Waals surface area contributed by atoms with Gasteiger partial charge in [0.25, 0.3) is 0 Å². The molecule has 5 heteroatoms. The molecule has 5 nitrogen and oxygen atoms in total. The van der Waals surface area contributed by atoms with Crippen molar-refractivity contribution >= 4 is 22.8 Å². The number of rotatable bonds is 2. The molecular formula is C15H17N3O2. The number of piperidine rings is 1. The molecule has 0 aliphatic carbocycles. The van der Waals surface area contributed by atoms with Crippen LogP contribution in [0.2, 0.25) is 0 Å². The third-order valence-corrected chi connectivity index (χ3v) is 4.14. The SMILES string of the molecule is CC1(C(=O)O)CCN(c2cnc3ccccc3n2)CC1. The van der Waals surface area contributed by atoms with E-state index < -0.39 is 11.4 Å². The minimum absolute atomic E-state index is 0.610. The molecule has 1 saturated heterocycles. The molecule has 1 aromatic heterocycles. The van der Waals surface area contributed by atoms with E-state index in [2.05, 4.69) is 14.9 Å². The van der Waals surface area contributed by atoms with Crippen molar-refractivity contribution in [1.82, 2.24) is 9.97 Å². The predicted octanol–water partition coefficient (Wildman–Crippen LogP) is 2.32. The number of aliphatic carboxylic acids is 1. The fraction of sp³-hybridized carbons (Fsp3) is 0.400. The highest BCUT2D eigenvalue weighted by Gasteiger charge is 2.37. The van der Waals surface area contributed by atoms with Gasteiger partial charge in [-0.1, -0.05) is 12.1 Å². The Morgan fingerprint density at radius 3 is 2.55 bits per heavy atom. The van der Waals surface area contributed by atoms with Crippen LogP contribution in [0.4, 0.5) is 5.82 Å². The van der Waals surface area contributed by atoms with Crippen molar-refractivity contribution < 1.29 is 9.90 Å². The number of benzene rings is 1. The highest BCUT2D eigenvalue weighted by molar-refractivity contribution is 5.76. The topological polar surface area (TPSA) is 66.3 Å². The average molecular weight is 271 g/mol. The molecule has 20 heavy (non-hydrogen) atoms. The molecule has 104 valence electrons. The van der Waals surface area contributed by atoms with Gasteiger partial charge in [0.1, 0.15) is 5.82 Å². The maximum absolute atomic E-state index is 11.2. The van der Waals surface area contributed by atoms with E-state index in [0.717, 1.165) is 16.9 Å². The number of anilines is 1. The monoisotopic (exact) mass is 271 g/mol. The van der Waals surface area contributed by atoms with Crippen LogP contribution in [0.25, 0.3) is 11.0 Å². The molecule has 0 unspecified atom stereocenters. The van der Waals surface area contributed by atoms with Gasteiger partial charge in [0.2, 0.25) is 0 Å². The molecule has 1 aliphatic heterocycles. The second-order valence-corrected chi connectivity index (χ2v) is 5.57. The number of hydrogen-bond donors (Lipinski definition) is 1. The molecule has 2 heterocycles. The predicted molar refractivity (Wildman–Crippen MR) is 76.7 cm³/mol. The third-order valence-electron chi connectivity index (χ3n) is 4.14. The van der Waals surface area contributed by atoms with Crippen molar-refractivity contribution in [2.75, 3.05) is 18.0 Å². The van der Waals surface area contributed by atoms with Crippen LogP contribution >= 0.6 is 0 Å². The summed E-state index contributed by atoms with van der Waals surface area (Å²) in [6, 6.07) is 7.76. The van der Waals surface area contributed by atoms with E-state index in [1.807, 2.05) is 31.2 Å². The van der Waals surface area contributed by atoms with Crippen molar-refractivity contribution in [3.63, 3.8) is 0 Å². The number of carboxylic acid groups (broad SMARTS) is 1. The van der Waals surface area contributed by atoms with Crippen LogP contribution in [-0.4, -0.2) is 34.1 Å². The first kappa shape index (κ1) is 12.8. The molecule has 0 amide bonds. The van der Waals surface area contributed by atoms with Gasteiger partial charge >= 0.3 is 5.97 Å². The molecule has 3 rings (SSSR count). The average Bonchev–Trinajstić information content (AvgIpc) is 2.47. The third kappa shape index (κ3) is 2.19. The number of para-hydroxylation sites is 2. The van der Waals surface area contributed by atoms with Gasteiger partial charge in [0, 0.05) is 13.1 Å². The molecule has 0 atom stereocenters. The van der Waals surface area contributed by atoms with E-state index in [-0.39, 0.29) is 0 Å². The summed E-state index contributed by atoms with van der Waals surface area (Å²) in [5.74, 6) is 0.123. The first-order chi connectivity index (χ1) is 9.58. The Labute approximate surface area is 117 Å². The van der Waals surface area contributed by atoms with Gasteiger partial charge in [0.15, 0.2) is 0 Å². The first-order valence-corrected chi connectivity index (χ1v) is 6.79. The van der Waals surface area contributed by atoms with Gasteiger partial charge in [-0.2, -0.15) is 0 Å². The lowest BCUT2D eigenvalue weighted by molar-refractivity contribution is -0.149. The maximum Gasteiger partial charge on any atom is 0.309 e. The van der Waals surface area contributed by atoms with Crippen LogP contribution in [0.3, 0.4) is 0 Å². The summed E-state index contributed by atoms with van der Waals surface area (Å²) in [4.78, 5) is 22.4. The van der Waals surface area contributed by atoms with Crippen molar-refractivity contribution in [2.24, 2.45) is 5.41 Å². The Kier molecular flexibility index (Phi) is 3.04. The Morgan fingerprint density at radius 1 is 1.25 bits per heavy atom. The number of nitrogens with zero attached hydrogens (tertiary/aromatic N) is 3. The van der Waals surface area contributed by atoms with Crippen LogP contribution in [0.15, 0.2) is 30.5 Å². The lowest BCUT2D eigenvalue weighted by Gasteiger charge is -2.36. The molecule has 1 aliphatic rings. The van der Waals surface area contributed by atoms with E-state index >= 15 is 0 Å². The summed E-state index contributed by atoms with van der Waals surface area (Å²) < 4.78 is 0. The Morgan fingerprint density at radius 2 is 1.90 bits per heavy atom. The van der Waals surface area contributed by atoms with E-state index in [4.69, 9.17) is 0 Å². The molecule has 1 N–H and O–H groups in total. The van der Waals surface area contributed by atoms with Crippen LogP contribution in [0, 0.1) is 5.41 Å². The molecule has 0 radical (unpaired) electrons. The molecular weight excluding hydrogens is 254 g/mol. The second-order valence-electron chi connectivity index (χ2n) is 5.57. The second kappa shape index (κ2) is 4.74. The maximum atomic E-state index is 11.2. The zero-order chi connectivity index (χ0) is 14.2. The van der Waals surface area contributed by atoms with Crippen molar-refractivity contribution in [1.29, 1.82) is 0 Å². The molecule has 1 fully saturated rings. The standard InChI is InChI=1S/C15H17N3O2/c1-15(14(19)20)6-8-18(9-7-15)13-10-16-11-4-2-3-5-12(11)17-13/h2-5,10H,6-9H2,1H3,(H,19,20). The first-order valence-electron chi connectivity index (χ1n) is 6.79. The van der Waals surface area contributed by atoms with Crippen LogP contribution in [-0.2, 0) is 4.79 Å². The number of carboxylic acids is 1. The van der Waals surface area contributed by atoms with Gasteiger partial charge < -0.3 is 10.0 Å². The van der Waals surface area contributed by atoms with Crippen molar-refractivity contribution in [3.8, 4) is 0 Å². The van der Waals surface area contributed by atoms with E-state index in [1.54, 1.807) is 6.20 Å². The summed E-state index contributed by atoms with van der Waals surface area (Å²) in [5, 5.41) is 9.25. The fourth-order valence-electron chi connectivity index (χ4n) is 2.54. The van der Waals surface area contributed by atoms with E-state index in [9.17, 15) is 9.90 Å². The lowest BCUT2D eigenvalue weighted by atomic mass is 9.80. The number of hydrogen-bond acceptors (Lipinski definition) is 4. The summed E-state index contributed by atoms with van der Waals surface area (Å²) in [6.07, 6.45) is 3.04. The van der Waals surface area contributed by atoms with Gasteiger partial charge in [0.05, 0.1) is 22.6 Å². The Bertz CT molecular complexity index is 648.